The van der Waals surface area contributed by atoms with Crippen LogP contribution in [0.15, 0.2) is 36.9 Å². The highest BCUT2D eigenvalue weighted by Gasteiger charge is 2.32. The molecule has 0 aliphatic heterocycles. The smallest absolute Gasteiger partial charge is 0.180 e. The van der Waals surface area contributed by atoms with Gasteiger partial charge in [-0.1, -0.05) is 44.0 Å². The van der Waals surface area contributed by atoms with Gasteiger partial charge in [-0.3, -0.25) is 4.79 Å². The minimum absolute atomic E-state index is 0.00721. The molecule has 0 unspecified atom stereocenters. The van der Waals surface area contributed by atoms with Gasteiger partial charge in [0.25, 0.3) is 0 Å². The standard InChI is InChI=1S/C16H18Cl2N2O2/c1-16(2,3)15(21)14(9-20-7-6-19-10-20)22-13-5-4-11(17)8-12(13)18/h4-8,10,14H,9H2,1-3H3/t14-/m0/s1. The first-order chi connectivity index (χ1) is 10.3. The normalized spacial score (nSPS) is 13.0. The Kier molecular flexibility index (Phi) is 5.14. The molecule has 0 radical (unpaired) electrons. The molecule has 118 valence electrons. The van der Waals surface area contributed by atoms with Crippen LogP contribution in [0.1, 0.15) is 20.8 Å². The first-order valence-electron chi connectivity index (χ1n) is 6.89. The number of imidazole rings is 1. The van der Waals surface area contributed by atoms with Gasteiger partial charge in [-0.25, -0.2) is 4.98 Å². The minimum atomic E-state index is -0.659. The minimum Gasteiger partial charge on any atom is -0.479 e. The number of hydrogen-bond donors (Lipinski definition) is 0. The Labute approximate surface area is 140 Å². The Bertz CT molecular complexity index is 649. The largest absolute Gasteiger partial charge is 0.479 e. The quantitative estimate of drug-likeness (QED) is 0.816. The second-order valence-corrected chi connectivity index (χ2v) is 6.90. The molecule has 0 spiro atoms. The van der Waals surface area contributed by atoms with Crippen molar-refractivity contribution >= 4 is 29.0 Å². The summed E-state index contributed by atoms with van der Waals surface area (Å²) in [5, 5.41) is 0.899. The lowest BCUT2D eigenvalue weighted by Crippen LogP contribution is -2.39. The average molecular weight is 341 g/mol. The van der Waals surface area contributed by atoms with E-state index < -0.39 is 11.5 Å². The zero-order chi connectivity index (χ0) is 16.3. The number of rotatable bonds is 5. The highest BCUT2D eigenvalue weighted by molar-refractivity contribution is 6.35. The fraction of sp³-hybridized carbons (Fsp3) is 0.375. The summed E-state index contributed by atoms with van der Waals surface area (Å²) in [5.74, 6) is 0.431. The molecule has 0 amide bonds. The van der Waals surface area contributed by atoms with E-state index in [-0.39, 0.29) is 5.78 Å². The molecule has 0 bridgehead atoms. The zero-order valence-corrected chi connectivity index (χ0v) is 14.2. The van der Waals surface area contributed by atoms with E-state index in [2.05, 4.69) is 4.98 Å². The van der Waals surface area contributed by atoms with Crippen molar-refractivity contribution in [3.8, 4) is 5.75 Å². The van der Waals surface area contributed by atoms with Crippen LogP contribution in [0.5, 0.6) is 5.75 Å². The molecule has 1 heterocycles. The van der Waals surface area contributed by atoms with Gasteiger partial charge in [-0.2, -0.15) is 0 Å². The summed E-state index contributed by atoms with van der Waals surface area (Å²) in [5.41, 5.74) is -0.524. The number of aromatic nitrogens is 2. The first-order valence-corrected chi connectivity index (χ1v) is 7.65. The molecule has 4 nitrogen and oxygen atoms in total. The number of ketones is 1. The Morgan fingerprint density at radius 2 is 2.09 bits per heavy atom. The lowest BCUT2D eigenvalue weighted by molar-refractivity contribution is -0.134. The Morgan fingerprint density at radius 1 is 1.36 bits per heavy atom. The zero-order valence-electron chi connectivity index (χ0n) is 12.7. The summed E-state index contributed by atoms with van der Waals surface area (Å²) in [4.78, 5) is 16.6. The van der Waals surface area contributed by atoms with Gasteiger partial charge in [-0.15, -0.1) is 0 Å². The third-order valence-corrected chi connectivity index (χ3v) is 3.66. The van der Waals surface area contributed by atoms with Crippen LogP contribution in [0.2, 0.25) is 10.0 Å². The Morgan fingerprint density at radius 3 is 2.64 bits per heavy atom. The van der Waals surface area contributed by atoms with Gasteiger partial charge < -0.3 is 9.30 Å². The second-order valence-electron chi connectivity index (χ2n) is 6.05. The maximum atomic E-state index is 12.6. The van der Waals surface area contributed by atoms with Gasteiger partial charge in [0.05, 0.1) is 17.9 Å². The molecule has 0 N–H and O–H groups in total. The van der Waals surface area contributed by atoms with Gasteiger partial charge >= 0.3 is 0 Å². The number of carbonyl (C=O) groups is 1. The predicted molar refractivity (Wildman–Crippen MR) is 87.6 cm³/mol. The SMILES string of the molecule is CC(C)(C)C(=O)[C@H](Cn1ccnc1)Oc1ccc(Cl)cc1Cl. The molecule has 0 saturated heterocycles. The van der Waals surface area contributed by atoms with E-state index in [4.69, 9.17) is 27.9 Å². The van der Waals surface area contributed by atoms with Gasteiger partial charge in [0.1, 0.15) is 5.75 Å². The third kappa shape index (κ3) is 4.24. The molecule has 0 fully saturated rings. The summed E-state index contributed by atoms with van der Waals surface area (Å²) in [6.45, 7) is 5.96. The molecule has 0 aliphatic carbocycles. The van der Waals surface area contributed by atoms with Crippen molar-refractivity contribution in [1.82, 2.24) is 9.55 Å². The highest BCUT2D eigenvalue weighted by atomic mass is 35.5. The van der Waals surface area contributed by atoms with Crippen molar-refractivity contribution in [3.63, 3.8) is 0 Å². The number of halogens is 2. The molecular formula is C16H18Cl2N2O2. The van der Waals surface area contributed by atoms with Crippen LogP contribution in [-0.4, -0.2) is 21.4 Å². The molecule has 1 aromatic heterocycles. The van der Waals surface area contributed by atoms with E-state index in [0.29, 0.717) is 22.3 Å². The van der Waals surface area contributed by atoms with Crippen LogP contribution in [0.25, 0.3) is 0 Å². The molecule has 0 aliphatic rings. The van der Waals surface area contributed by atoms with Gasteiger partial charge in [0, 0.05) is 22.8 Å². The molecule has 2 aromatic rings. The van der Waals surface area contributed by atoms with Crippen LogP contribution >= 0.6 is 23.2 Å². The number of benzene rings is 1. The van der Waals surface area contributed by atoms with Crippen LogP contribution in [0.4, 0.5) is 0 Å². The summed E-state index contributed by atoms with van der Waals surface area (Å²) < 4.78 is 7.68. The summed E-state index contributed by atoms with van der Waals surface area (Å²) in [6.07, 6.45) is 4.44. The van der Waals surface area contributed by atoms with Crippen molar-refractivity contribution in [3.05, 3.63) is 47.0 Å². The van der Waals surface area contributed by atoms with Crippen molar-refractivity contribution in [2.45, 2.75) is 33.4 Å². The monoisotopic (exact) mass is 340 g/mol. The van der Waals surface area contributed by atoms with Crippen molar-refractivity contribution in [2.75, 3.05) is 0 Å². The van der Waals surface area contributed by atoms with Crippen molar-refractivity contribution in [2.24, 2.45) is 5.41 Å². The Balaban J connectivity index is 2.25. The fourth-order valence-corrected chi connectivity index (χ4v) is 2.42. The van der Waals surface area contributed by atoms with Crippen LogP contribution < -0.4 is 4.74 Å². The van der Waals surface area contributed by atoms with Crippen LogP contribution in [0, 0.1) is 5.41 Å². The molecule has 1 atom stereocenters. The molecule has 2 rings (SSSR count). The Hall–Kier alpha value is -1.52. The van der Waals surface area contributed by atoms with Crippen molar-refractivity contribution < 1.29 is 9.53 Å². The number of Topliss-reactive ketones (excluding diaryl/α,β-unsaturated/α-hetero) is 1. The maximum Gasteiger partial charge on any atom is 0.180 e. The molecule has 6 heteroatoms. The highest BCUT2D eigenvalue weighted by Crippen LogP contribution is 2.30. The first kappa shape index (κ1) is 16.8. The summed E-state index contributed by atoms with van der Waals surface area (Å²) >= 11 is 12.0. The van der Waals surface area contributed by atoms with E-state index in [1.807, 2.05) is 20.8 Å². The number of hydrogen-bond acceptors (Lipinski definition) is 3. The van der Waals surface area contributed by atoms with Gasteiger partial charge in [0.2, 0.25) is 0 Å². The van der Waals surface area contributed by atoms with E-state index >= 15 is 0 Å². The lowest BCUT2D eigenvalue weighted by atomic mass is 9.87. The second kappa shape index (κ2) is 6.71. The summed E-state index contributed by atoms with van der Waals surface area (Å²) in [6, 6.07) is 4.94. The topological polar surface area (TPSA) is 44.1 Å². The maximum absolute atomic E-state index is 12.6. The number of nitrogens with zero attached hydrogens (tertiary/aromatic N) is 2. The van der Waals surface area contributed by atoms with E-state index in [1.54, 1.807) is 41.5 Å². The number of carbonyl (C=O) groups excluding carboxylic acids is 1. The lowest BCUT2D eigenvalue weighted by Gasteiger charge is -2.26. The third-order valence-electron chi connectivity index (χ3n) is 3.13. The van der Waals surface area contributed by atoms with Gasteiger partial charge in [-0.05, 0) is 18.2 Å². The van der Waals surface area contributed by atoms with Crippen LogP contribution in [-0.2, 0) is 11.3 Å². The molecule has 22 heavy (non-hydrogen) atoms. The fourth-order valence-electron chi connectivity index (χ4n) is 1.97. The summed E-state index contributed by atoms with van der Waals surface area (Å²) in [7, 11) is 0. The van der Waals surface area contributed by atoms with E-state index in [9.17, 15) is 4.79 Å². The molecular weight excluding hydrogens is 323 g/mol. The predicted octanol–water partition coefficient (Wildman–Crippen LogP) is 4.25. The average Bonchev–Trinajstić information content (AvgIpc) is 2.92. The van der Waals surface area contributed by atoms with Crippen molar-refractivity contribution in [1.29, 1.82) is 0 Å². The molecule has 1 aromatic carbocycles. The number of ether oxygens (including phenoxy) is 1. The van der Waals surface area contributed by atoms with Crippen LogP contribution in [0.3, 0.4) is 0 Å². The van der Waals surface area contributed by atoms with E-state index in [0.717, 1.165) is 0 Å². The molecule has 0 saturated carbocycles. The van der Waals surface area contributed by atoms with E-state index in [1.165, 1.54) is 0 Å². The van der Waals surface area contributed by atoms with Gasteiger partial charge in [0.15, 0.2) is 11.9 Å².